The van der Waals surface area contributed by atoms with Crippen LogP contribution in [-0.2, 0) is 9.68 Å². The van der Waals surface area contributed by atoms with Gasteiger partial charge >= 0.3 is 0 Å². The molecule has 0 aliphatic carbocycles. The first kappa shape index (κ1) is 48.7. The Morgan fingerprint density at radius 2 is 1.08 bits per heavy atom. The van der Waals surface area contributed by atoms with Crippen molar-refractivity contribution in [3.05, 3.63) is 142 Å². The van der Waals surface area contributed by atoms with Crippen molar-refractivity contribution in [1.29, 1.82) is 0 Å². The number of ether oxygens (including phenoxy) is 1. The van der Waals surface area contributed by atoms with E-state index < -0.39 is 63.0 Å². The van der Waals surface area contributed by atoms with Crippen LogP contribution in [0.15, 0.2) is 78.9 Å². The molecular weight excluding hydrogens is 1060 g/mol. The van der Waals surface area contributed by atoms with Crippen molar-refractivity contribution in [3.63, 3.8) is 0 Å². The van der Waals surface area contributed by atoms with Crippen molar-refractivity contribution in [3.8, 4) is 5.75 Å². The van der Waals surface area contributed by atoms with E-state index in [9.17, 15) is 37.4 Å². The Morgan fingerprint density at radius 3 is 1.50 bits per heavy atom. The Kier molecular flexibility index (Phi) is 18.9. The number of carbonyl (C=O) groups excluding carboxylic acids is 2. The van der Waals surface area contributed by atoms with Gasteiger partial charge < -0.3 is 25.6 Å². The van der Waals surface area contributed by atoms with Crippen molar-refractivity contribution >= 4 is 103 Å². The predicted octanol–water partition coefficient (Wildman–Crippen LogP) is 10.1. The molecule has 320 valence electrons. The van der Waals surface area contributed by atoms with E-state index in [2.05, 4.69) is 66.8 Å². The van der Waals surface area contributed by atoms with Crippen molar-refractivity contribution in [2.24, 2.45) is 0 Å². The number of para-hydroxylation sites is 1. The smallest absolute Gasteiger partial charge is 0.277 e. The molecule has 5 rings (SSSR count). The molecule has 0 bridgehead atoms. The van der Waals surface area contributed by atoms with Gasteiger partial charge in [0.2, 0.25) is 0 Å². The number of rotatable bonds is 16. The van der Waals surface area contributed by atoms with Gasteiger partial charge in [0, 0.05) is 18.5 Å². The Hall–Kier alpha value is -3.96. The molecular formula is C41H38Cl2F4I2N4O7. The highest BCUT2D eigenvalue weighted by Crippen LogP contribution is 2.34. The molecule has 0 saturated heterocycles. The molecule has 0 heterocycles. The number of aliphatic hydroxyl groups excluding tert-OH is 2. The lowest BCUT2D eigenvalue weighted by Gasteiger charge is -2.17. The summed E-state index contributed by atoms with van der Waals surface area (Å²) in [7, 11) is 0. The highest BCUT2D eigenvalue weighted by atomic mass is 127. The van der Waals surface area contributed by atoms with E-state index in [1.807, 2.05) is 18.2 Å². The molecule has 2 unspecified atom stereocenters. The number of carbonyl (C=O) groups is 2. The van der Waals surface area contributed by atoms with Crippen LogP contribution in [0.4, 0.5) is 40.3 Å². The molecule has 2 amide bonds. The molecule has 0 spiro atoms. The molecule has 0 fully saturated rings. The third kappa shape index (κ3) is 13.8. The van der Waals surface area contributed by atoms with Gasteiger partial charge in [-0.15, -0.1) is 0 Å². The molecule has 0 saturated carbocycles. The Bertz CT molecular complexity index is 2300. The van der Waals surface area contributed by atoms with E-state index in [0.717, 1.165) is 30.4 Å². The molecule has 0 aliphatic rings. The number of amides is 2. The maximum absolute atomic E-state index is 14.7. The van der Waals surface area contributed by atoms with Crippen LogP contribution in [0.25, 0.3) is 0 Å². The molecule has 11 nitrogen and oxygen atoms in total. The number of anilines is 4. The number of nitrogens with one attached hydrogen (secondary N) is 4. The number of benzene rings is 5. The minimum absolute atomic E-state index is 0.0736. The molecule has 60 heavy (non-hydrogen) atoms. The van der Waals surface area contributed by atoms with Gasteiger partial charge in [0.05, 0.1) is 38.7 Å². The van der Waals surface area contributed by atoms with Crippen LogP contribution in [0.5, 0.6) is 5.75 Å². The molecule has 6 N–H and O–H groups in total. The van der Waals surface area contributed by atoms with E-state index >= 15 is 0 Å². The molecule has 5 aromatic carbocycles. The zero-order valence-electron chi connectivity index (χ0n) is 31.9. The third-order valence-electron chi connectivity index (χ3n) is 8.25. The second-order valence-corrected chi connectivity index (χ2v) is 16.1. The van der Waals surface area contributed by atoms with Crippen LogP contribution in [0.1, 0.15) is 45.2 Å². The van der Waals surface area contributed by atoms with Crippen LogP contribution in [0, 0.1) is 44.3 Å². The summed E-state index contributed by atoms with van der Waals surface area (Å²) in [5.74, 6) is -6.27. The first-order valence-corrected chi connectivity index (χ1v) is 20.7. The maximum Gasteiger partial charge on any atom is 0.277 e. The summed E-state index contributed by atoms with van der Waals surface area (Å²) in [6, 6.07) is 21.5. The summed E-state index contributed by atoms with van der Waals surface area (Å²) < 4.78 is 64.6. The van der Waals surface area contributed by atoms with Gasteiger partial charge in [0.25, 0.3) is 11.8 Å². The molecule has 19 heteroatoms. The fourth-order valence-corrected chi connectivity index (χ4v) is 6.67. The minimum atomic E-state index is -1.30. The second kappa shape index (κ2) is 23.3. The summed E-state index contributed by atoms with van der Waals surface area (Å²) in [5, 5.41) is 23.8. The topological polar surface area (TPSA) is 150 Å². The predicted molar refractivity (Wildman–Crippen MR) is 238 cm³/mol. The lowest BCUT2D eigenvalue weighted by atomic mass is 10.1. The van der Waals surface area contributed by atoms with Gasteiger partial charge in [-0.25, -0.2) is 28.5 Å². The van der Waals surface area contributed by atoms with E-state index in [0.29, 0.717) is 23.5 Å². The van der Waals surface area contributed by atoms with Crippen LogP contribution in [0.2, 0.25) is 10.0 Å². The normalized spacial score (nSPS) is 11.8. The first-order valence-electron chi connectivity index (χ1n) is 17.8. The van der Waals surface area contributed by atoms with Crippen LogP contribution >= 0.6 is 68.4 Å². The number of aryl methyl sites for hydroxylation is 2. The third-order valence-corrected chi connectivity index (χ3v) is 10.1. The van der Waals surface area contributed by atoms with Crippen molar-refractivity contribution in [2.45, 2.75) is 39.4 Å². The number of halogens is 8. The van der Waals surface area contributed by atoms with Crippen LogP contribution in [-0.4, -0.2) is 54.1 Å². The SMILES string of the molecule is CCC(O)CONC(=O)c1cc(Cl)c(F)c(F)c1Nc1ccc(I)cc1C.Cc1cc(I)ccc1Nc1c(C(=O)NOCC(O)COc2ccccc2)cc(Cl)c(F)c1F. The van der Waals surface area contributed by atoms with E-state index in [4.69, 9.17) is 37.6 Å². The van der Waals surface area contributed by atoms with Crippen molar-refractivity contribution in [2.75, 3.05) is 30.5 Å². The largest absolute Gasteiger partial charge is 0.491 e. The summed E-state index contributed by atoms with van der Waals surface area (Å²) >= 11 is 15.7. The molecule has 0 aromatic heterocycles. The fraction of sp³-hybridized carbons (Fsp3) is 0.220. The highest BCUT2D eigenvalue weighted by Gasteiger charge is 2.25. The van der Waals surface area contributed by atoms with Crippen molar-refractivity contribution in [1.82, 2.24) is 11.0 Å². The Morgan fingerprint density at radius 1 is 0.650 bits per heavy atom. The van der Waals surface area contributed by atoms with Gasteiger partial charge in [-0.1, -0.05) is 48.3 Å². The highest BCUT2D eigenvalue weighted by molar-refractivity contribution is 14.1. The lowest BCUT2D eigenvalue weighted by Crippen LogP contribution is -2.31. The van der Waals surface area contributed by atoms with Gasteiger partial charge in [0.1, 0.15) is 31.7 Å². The molecule has 0 aliphatic heterocycles. The van der Waals surface area contributed by atoms with Gasteiger partial charge in [0.15, 0.2) is 23.3 Å². The maximum atomic E-state index is 14.7. The zero-order chi connectivity index (χ0) is 44.1. The fourth-order valence-electron chi connectivity index (χ4n) is 4.99. The first-order chi connectivity index (χ1) is 28.5. The van der Waals surface area contributed by atoms with Gasteiger partial charge in [-0.3, -0.25) is 19.3 Å². The number of aliphatic hydroxyl groups is 2. The summed E-state index contributed by atoms with van der Waals surface area (Å²) in [6.45, 7) is 4.82. The monoisotopic (exact) mass is 1100 g/mol. The molecule has 5 aromatic rings. The zero-order valence-corrected chi connectivity index (χ0v) is 37.8. The van der Waals surface area contributed by atoms with Gasteiger partial charge in [-0.05, 0) is 137 Å². The number of hydroxylamine groups is 2. The summed E-state index contributed by atoms with van der Waals surface area (Å²) in [4.78, 5) is 35.0. The standard InChI is InChI=1S/C23H20ClF2IN2O4.C18H18ClF2IN2O3/c1-13-9-14(27)7-8-19(13)28-22-17(10-18(24)20(25)21(22)26)23(31)29-33-12-15(30)11-32-16-5-3-2-4-6-16;1-3-11(25)8-27-24-18(26)12-7-13(19)15(20)16(21)17(12)23-14-5-4-10(22)6-9(14)2/h2-10,15,28,30H,11-12H2,1H3,(H,29,31);4-7,11,23,25H,3,8H2,1-2H3,(H,24,26). The van der Waals surface area contributed by atoms with E-state index in [1.54, 1.807) is 69.3 Å². The number of hydrogen-bond donors (Lipinski definition) is 6. The Balaban J connectivity index is 0.000000270. The molecule has 0 radical (unpaired) electrons. The van der Waals surface area contributed by atoms with Gasteiger partial charge in [-0.2, -0.15) is 0 Å². The van der Waals surface area contributed by atoms with Crippen LogP contribution < -0.4 is 26.3 Å². The molecule has 2 atom stereocenters. The van der Waals surface area contributed by atoms with E-state index in [1.165, 1.54) is 0 Å². The average Bonchev–Trinajstić information content (AvgIpc) is 3.22. The van der Waals surface area contributed by atoms with E-state index in [-0.39, 0.29) is 36.6 Å². The Labute approximate surface area is 380 Å². The quantitative estimate of drug-likeness (QED) is 0.0246. The lowest BCUT2D eigenvalue weighted by molar-refractivity contribution is -0.0259. The summed E-state index contributed by atoms with van der Waals surface area (Å²) in [6.07, 6.45) is -1.37. The minimum Gasteiger partial charge on any atom is -0.491 e. The number of hydrogen-bond acceptors (Lipinski definition) is 9. The second-order valence-electron chi connectivity index (χ2n) is 12.8. The average molecular weight is 1100 g/mol. The van der Waals surface area contributed by atoms with Crippen LogP contribution in [0.3, 0.4) is 0 Å². The van der Waals surface area contributed by atoms with Crippen molar-refractivity contribution < 1.29 is 51.8 Å². The summed E-state index contributed by atoms with van der Waals surface area (Å²) in [5.41, 5.74) is 5.49.